The van der Waals surface area contributed by atoms with Gasteiger partial charge in [-0.25, -0.2) is 4.98 Å². The molecule has 3 fully saturated rings. The molecule has 1 saturated carbocycles. The van der Waals surface area contributed by atoms with Crippen molar-refractivity contribution in [2.75, 3.05) is 32.7 Å². The summed E-state index contributed by atoms with van der Waals surface area (Å²) in [7, 11) is 0. The van der Waals surface area contributed by atoms with E-state index in [9.17, 15) is 4.79 Å². The molecule has 4 heterocycles. The molecule has 0 bridgehead atoms. The number of hydrogen-bond donors (Lipinski definition) is 1. The average Bonchev–Trinajstić information content (AvgIpc) is 3.07. The molecule has 0 unspecified atom stereocenters. The van der Waals surface area contributed by atoms with Gasteiger partial charge in [-0.05, 0) is 37.8 Å². The van der Waals surface area contributed by atoms with E-state index in [4.69, 9.17) is 0 Å². The van der Waals surface area contributed by atoms with Crippen molar-refractivity contribution in [2.24, 2.45) is 11.8 Å². The zero-order valence-electron chi connectivity index (χ0n) is 15.1. The number of aromatic amines is 1. The lowest BCUT2D eigenvalue weighted by atomic mass is 9.80. The van der Waals surface area contributed by atoms with Crippen LogP contribution in [0.4, 0.5) is 0 Å². The number of fused-ring (bicyclic) bond motifs is 1. The third kappa shape index (κ3) is 2.61. The average molecular weight is 352 g/mol. The number of H-pyrrole nitrogens is 1. The lowest BCUT2D eigenvalue weighted by molar-refractivity contribution is 0.0769. The van der Waals surface area contributed by atoms with Gasteiger partial charge in [0.05, 0.1) is 11.0 Å². The number of aromatic nitrogens is 4. The highest BCUT2D eigenvalue weighted by molar-refractivity contribution is 5.94. The van der Waals surface area contributed by atoms with Crippen molar-refractivity contribution in [3.63, 3.8) is 0 Å². The van der Waals surface area contributed by atoms with Crippen LogP contribution < -0.4 is 0 Å². The number of nitrogens with zero attached hydrogens (tertiary/aromatic N) is 5. The van der Waals surface area contributed by atoms with Gasteiger partial charge in [0.15, 0.2) is 5.82 Å². The van der Waals surface area contributed by atoms with Gasteiger partial charge in [-0.3, -0.25) is 14.9 Å². The molecule has 3 aliphatic rings. The first-order valence-corrected chi connectivity index (χ1v) is 9.45. The molecule has 2 atom stereocenters. The van der Waals surface area contributed by atoms with Crippen LogP contribution in [0.15, 0.2) is 24.5 Å². The first-order valence-electron chi connectivity index (χ1n) is 9.45. The fourth-order valence-corrected chi connectivity index (χ4v) is 4.68. The van der Waals surface area contributed by atoms with Gasteiger partial charge in [0.25, 0.3) is 5.91 Å². The minimum atomic E-state index is -0.155. The molecule has 2 aromatic rings. The lowest BCUT2D eigenvalue weighted by Crippen LogP contribution is -2.41. The number of nitrogens with one attached hydrogen (secondary N) is 1. The zero-order valence-corrected chi connectivity index (χ0v) is 15.1. The summed E-state index contributed by atoms with van der Waals surface area (Å²) in [5.74, 6) is 3.03. The smallest absolute Gasteiger partial charge is 0.255 e. The van der Waals surface area contributed by atoms with E-state index in [0.717, 1.165) is 37.2 Å². The maximum Gasteiger partial charge on any atom is 0.255 e. The molecule has 0 spiro atoms. The highest BCUT2D eigenvalue weighted by Gasteiger charge is 2.57. The largest absolute Gasteiger partial charge is 0.337 e. The van der Waals surface area contributed by atoms with Crippen molar-refractivity contribution in [3.05, 3.63) is 41.7 Å². The number of likely N-dealkylation sites (tertiary alicyclic amines) is 2. The van der Waals surface area contributed by atoms with Crippen LogP contribution in [0.1, 0.15) is 34.8 Å². The maximum absolute atomic E-state index is 12.9. The number of carbonyl (C=O) groups is 1. The van der Waals surface area contributed by atoms with E-state index in [0.29, 0.717) is 18.0 Å². The Bertz CT molecular complexity index is 816. The van der Waals surface area contributed by atoms with Crippen molar-refractivity contribution in [1.29, 1.82) is 0 Å². The number of pyridine rings is 1. The third-order valence-electron chi connectivity index (χ3n) is 6.13. The first kappa shape index (κ1) is 15.9. The van der Waals surface area contributed by atoms with Crippen molar-refractivity contribution in [3.8, 4) is 0 Å². The monoisotopic (exact) mass is 352 g/mol. The molecule has 2 aromatic heterocycles. The van der Waals surface area contributed by atoms with Gasteiger partial charge in [0, 0.05) is 51.0 Å². The van der Waals surface area contributed by atoms with Crippen LogP contribution in [0, 0.1) is 18.8 Å². The second-order valence-electron chi connectivity index (χ2n) is 8.16. The van der Waals surface area contributed by atoms with Crippen molar-refractivity contribution in [2.45, 2.75) is 25.2 Å². The molecule has 1 aliphatic carbocycles. The van der Waals surface area contributed by atoms with Gasteiger partial charge < -0.3 is 9.80 Å². The van der Waals surface area contributed by atoms with Crippen LogP contribution in [0.25, 0.3) is 0 Å². The van der Waals surface area contributed by atoms with Gasteiger partial charge in [-0.1, -0.05) is 0 Å². The number of aryl methyl sites for hydroxylation is 1. The van der Waals surface area contributed by atoms with Gasteiger partial charge in [0.2, 0.25) is 0 Å². The highest BCUT2D eigenvalue weighted by Crippen LogP contribution is 2.45. The molecular weight excluding hydrogens is 328 g/mol. The SMILES string of the molecule is Cc1nc([C@@]23CN(CC4CC4)C[C@@H]2CN(C(=O)c2cccnc2)C3)n[nH]1. The molecule has 1 amide bonds. The van der Waals surface area contributed by atoms with Crippen LogP contribution in [0.3, 0.4) is 0 Å². The van der Waals surface area contributed by atoms with Gasteiger partial charge in [-0.15, -0.1) is 0 Å². The minimum absolute atomic E-state index is 0.0628. The van der Waals surface area contributed by atoms with Crippen molar-refractivity contribution >= 4 is 5.91 Å². The van der Waals surface area contributed by atoms with Gasteiger partial charge >= 0.3 is 0 Å². The summed E-state index contributed by atoms with van der Waals surface area (Å²) in [4.78, 5) is 26.3. The van der Waals surface area contributed by atoms with E-state index >= 15 is 0 Å². The van der Waals surface area contributed by atoms with Crippen LogP contribution in [0.5, 0.6) is 0 Å². The van der Waals surface area contributed by atoms with Gasteiger partial charge in [-0.2, -0.15) is 5.10 Å². The second kappa shape index (κ2) is 5.87. The molecule has 2 aliphatic heterocycles. The van der Waals surface area contributed by atoms with Crippen LogP contribution in [-0.4, -0.2) is 68.6 Å². The molecule has 26 heavy (non-hydrogen) atoms. The standard InChI is InChI=1S/C19H24N6O/c1-13-21-18(23-22-13)19-11-24(8-14-4-5-14)9-16(19)10-25(12-19)17(26)15-3-2-6-20-7-15/h2-3,6-7,14,16H,4-5,8-12H2,1H3,(H,21,22,23)/t16-,19-/m1/s1. The van der Waals surface area contributed by atoms with Crippen molar-refractivity contribution < 1.29 is 4.79 Å². The number of rotatable bonds is 4. The Balaban J connectivity index is 1.42. The van der Waals surface area contributed by atoms with Crippen LogP contribution in [0.2, 0.25) is 0 Å². The summed E-state index contributed by atoms with van der Waals surface area (Å²) in [6.45, 7) is 6.54. The summed E-state index contributed by atoms with van der Waals surface area (Å²) in [5, 5.41) is 7.52. The molecule has 0 radical (unpaired) electrons. The normalized spacial score (nSPS) is 28.5. The fourth-order valence-electron chi connectivity index (χ4n) is 4.68. The van der Waals surface area contributed by atoms with Crippen LogP contribution in [-0.2, 0) is 5.41 Å². The summed E-state index contributed by atoms with van der Waals surface area (Å²) >= 11 is 0. The molecule has 2 saturated heterocycles. The van der Waals surface area contributed by atoms with Gasteiger partial charge in [0.1, 0.15) is 5.82 Å². The minimum Gasteiger partial charge on any atom is -0.337 e. The Morgan fingerprint density at radius 2 is 2.23 bits per heavy atom. The van der Waals surface area contributed by atoms with Crippen LogP contribution >= 0.6 is 0 Å². The predicted molar refractivity (Wildman–Crippen MR) is 95.6 cm³/mol. The molecule has 7 nitrogen and oxygen atoms in total. The Morgan fingerprint density at radius 3 is 2.92 bits per heavy atom. The quantitative estimate of drug-likeness (QED) is 0.896. The van der Waals surface area contributed by atoms with E-state index in [-0.39, 0.29) is 11.3 Å². The van der Waals surface area contributed by atoms with E-state index < -0.39 is 0 Å². The molecule has 5 rings (SSSR count). The van der Waals surface area contributed by atoms with E-state index in [1.54, 1.807) is 12.4 Å². The third-order valence-corrected chi connectivity index (χ3v) is 6.13. The maximum atomic E-state index is 12.9. The topological polar surface area (TPSA) is 78.0 Å². The molecule has 7 heteroatoms. The number of amides is 1. The summed E-state index contributed by atoms with van der Waals surface area (Å²) in [6, 6.07) is 3.66. The number of carbonyl (C=O) groups excluding carboxylic acids is 1. The summed E-state index contributed by atoms with van der Waals surface area (Å²) < 4.78 is 0. The molecule has 136 valence electrons. The van der Waals surface area contributed by atoms with Crippen molar-refractivity contribution in [1.82, 2.24) is 30.0 Å². The number of hydrogen-bond acceptors (Lipinski definition) is 5. The zero-order chi connectivity index (χ0) is 17.7. The Morgan fingerprint density at radius 1 is 1.35 bits per heavy atom. The Kier molecular flexibility index (Phi) is 3.60. The summed E-state index contributed by atoms with van der Waals surface area (Å²) in [6.07, 6.45) is 6.07. The lowest BCUT2D eigenvalue weighted by Gasteiger charge is -2.27. The Labute approximate surface area is 152 Å². The summed E-state index contributed by atoms with van der Waals surface area (Å²) in [5.41, 5.74) is 0.501. The molecular formula is C19H24N6O. The highest BCUT2D eigenvalue weighted by atomic mass is 16.2. The van der Waals surface area contributed by atoms with E-state index in [1.165, 1.54) is 19.4 Å². The molecule has 1 N–H and O–H groups in total. The molecule has 0 aromatic carbocycles. The second-order valence-corrected chi connectivity index (χ2v) is 8.16. The Hall–Kier alpha value is -2.28. The fraction of sp³-hybridized carbons (Fsp3) is 0.579. The van der Waals surface area contributed by atoms with E-state index in [1.807, 2.05) is 24.0 Å². The van der Waals surface area contributed by atoms with E-state index in [2.05, 4.69) is 25.1 Å². The predicted octanol–water partition coefficient (Wildman–Crippen LogP) is 1.24. The first-order chi connectivity index (χ1) is 12.6.